The van der Waals surface area contributed by atoms with Gasteiger partial charge >= 0.3 is 0 Å². The molecule has 0 amide bonds. The maximum atomic E-state index is 4.30. The van der Waals surface area contributed by atoms with Crippen molar-refractivity contribution in [1.82, 2.24) is 4.98 Å². The van der Waals surface area contributed by atoms with Crippen molar-refractivity contribution in [3.63, 3.8) is 0 Å². The van der Waals surface area contributed by atoms with Crippen molar-refractivity contribution in [2.24, 2.45) is 0 Å². The molecule has 0 saturated heterocycles. The Morgan fingerprint density at radius 2 is 2.28 bits per heavy atom. The van der Waals surface area contributed by atoms with Gasteiger partial charge in [-0.05, 0) is 30.9 Å². The molecule has 0 radical (unpaired) electrons. The molecular weight excluding hydrogens is 242 g/mol. The Morgan fingerprint density at radius 1 is 1.39 bits per heavy atom. The minimum Gasteiger partial charge on any atom is -0.378 e. The summed E-state index contributed by atoms with van der Waals surface area (Å²) >= 11 is 1.77. The van der Waals surface area contributed by atoms with Crippen LogP contribution in [-0.4, -0.2) is 11.5 Å². The maximum Gasteiger partial charge on any atom is 0.127 e. The van der Waals surface area contributed by atoms with E-state index in [4.69, 9.17) is 0 Å². The van der Waals surface area contributed by atoms with Crippen molar-refractivity contribution in [3.8, 4) is 0 Å². The van der Waals surface area contributed by atoms with Crippen molar-refractivity contribution in [3.05, 3.63) is 40.7 Å². The van der Waals surface area contributed by atoms with E-state index in [2.05, 4.69) is 53.0 Å². The number of anilines is 2. The Labute approximate surface area is 112 Å². The molecule has 2 N–H and O–H groups in total. The molecule has 1 atom stereocenters. The standard InChI is InChI=1S/C14H19N3S/c1-3-7-15-14-10-12(6-8-16-14)17-11(2)13-5-4-9-18-13/h4-6,8-11H,3,7H2,1-2H3,(H2,15,16,17). The number of aromatic nitrogens is 1. The molecule has 2 heterocycles. The molecule has 0 spiro atoms. The first-order valence-corrected chi connectivity index (χ1v) is 7.17. The van der Waals surface area contributed by atoms with E-state index >= 15 is 0 Å². The molecule has 0 aromatic carbocycles. The molecule has 18 heavy (non-hydrogen) atoms. The lowest BCUT2D eigenvalue weighted by Gasteiger charge is -2.14. The summed E-state index contributed by atoms with van der Waals surface area (Å²) in [5.74, 6) is 0.931. The van der Waals surface area contributed by atoms with Gasteiger partial charge in [-0.25, -0.2) is 4.98 Å². The molecule has 2 rings (SSSR count). The summed E-state index contributed by atoms with van der Waals surface area (Å²) in [6.45, 7) is 5.27. The summed E-state index contributed by atoms with van der Waals surface area (Å²) in [6.07, 6.45) is 2.94. The van der Waals surface area contributed by atoms with Gasteiger partial charge in [0.2, 0.25) is 0 Å². The lowest BCUT2D eigenvalue weighted by atomic mass is 10.2. The van der Waals surface area contributed by atoms with Crippen LogP contribution in [-0.2, 0) is 0 Å². The highest BCUT2D eigenvalue weighted by atomic mass is 32.1. The quantitative estimate of drug-likeness (QED) is 0.820. The van der Waals surface area contributed by atoms with Crippen molar-refractivity contribution in [2.75, 3.05) is 17.2 Å². The van der Waals surface area contributed by atoms with Crippen LogP contribution in [0, 0.1) is 0 Å². The molecule has 0 aliphatic rings. The average Bonchev–Trinajstić information content (AvgIpc) is 2.91. The molecule has 0 fully saturated rings. The van der Waals surface area contributed by atoms with Crippen LogP contribution in [0.5, 0.6) is 0 Å². The third-order valence-electron chi connectivity index (χ3n) is 2.67. The van der Waals surface area contributed by atoms with Crippen LogP contribution in [0.4, 0.5) is 11.5 Å². The van der Waals surface area contributed by atoms with Gasteiger partial charge in [0, 0.05) is 29.4 Å². The van der Waals surface area contributed by atoms with Crippen LogP contribution in [0.1, 0.15) is 31.2 Å². The highest BCUT2D eigenvalue weighted by molar-refractivity contribution is 7.10. The van der Waals surface area contributed by atoms with E-state index in [1.807, 2.05) is 12.3 Å². The van der Waals surface area contributed by atoms with E-state index in [1.165, 1.54) is 4.88 Å². The maximum absolute atomic E-state index is 4.30. The molecular formula is C14H19N3S. The van der Waals surface area contributed by atoms with Crippen LogP contribution in [0.25, 0.3) is 0 Å². The van der Waals surface area contributed by atoms with Gasteiger partial charge in [-0.3, -0.25) is 0 Å². The zero-order chi connectivity index (χ0) is 12.8. The number of pyridine rings is 1. The highest BCUT2D eigenvalue weighted by Crippen LogP contribution is 2.23. The number of nitrogens with one attached hydrogen (secondary N) is 2. The molecule has 0 saturated carbocycles. The van der Waals surface area contributed by atoms with Crippen molar-refractivity contribution < 1.29 is 0 Å². The van der Waals surface area contributed by atoms with Gasteiger partial charge in [0.15, 0.2) is 0 Å². The van der Waals surface area contributed by atoms with Crippen molar-refractivity contribution in [1.29, 1.82) is 0 Å². The van der Waals surface area contributed by atoms with Crippen LogP contribution in [0.2, 0.25) is 0 Å². The molecule has 2 aromatic rings. The van der Waals surface area contributed by atoms with Crippen LogP contribution < -0.4 is 10.6 Å². The van der Waals surface area contributed by atoms with Crippen molar-refractivity contribution in [2.45, 2.75) is 26.3 Å². The highest BCUT2D eigenvalue weighted by Gasteiger charge is 2.06. The van der Waals surface area contributed by atoms with Gasteiger partial charge in [0.1, 0.15) is 5.82 Å². The SMILES string of the molecule is CCCNc1cc(NC(C)c2cccs2)ccn1. The zero-order valence-corrected chi connectivity index (χ0v) is 11.6. The number of hydrogen-bond donors (Lipinski definition) is 2. The third-order valence-corrected chi connectivity index (χ3v) is 3.72. The Morgan fingerprint density at radius 3 is 3.00 bits per heavy atom. The fourth-order valence-electron chi connectivity index (χ4n) is 1.73. The molecule has 1 unspecified atom stereocenters. The normalized spacial score (nSPS) is 12.1. The molecule has 0 aliphatic heterocycles. The Kier molecular flexibility index (Phi) is 4.59. The van der Waals surface area contributed by atoms with Gasteiger partial charge in [-0.15, -0.1) is 11.3 Å². The first-order valence-electron chi connectivity index (χ1n) is 6.29. The summed E-state index contributed by atoms with van der Waals surface area (Å²) in [6, 6.07) is 8.62. The second kappa shape index (κ2) is 6.40. The van der Waals surface area contributed by atoms with Crippen LogP contribution >= 0.6 is 11.3 Å². The number of rotatable bonds is 6. The molecule has 0 bridgehead atoms. The summed E-state index contributed by atoms with van der Waals surface area (Å²) in [4.78, 5) is 5.64. The Bertz CT molecular complexity index is 468. The third kappa shape index (κ3) is 3.47. The van der Waals surface area contributed by atoms with E-state index in [-0.39, 0.29) is 0 Å². The van der Waals surface area contributed by atoms with E-state index in [9.17, 15) is 0 Å². The van der Waals surface area contributed by atoms with E-state index in [1.54, 1.807) is 11.3 Å². The lowest BCUT2D eigenvalue weighted by molar-refractivity contribution is 0.906. The van der Waals surface area contributed by atoms with E-state index in [0.29, 0.717) is 6.04 Å². The first kappa shape index (κ1) is 12.9. The monoisotopic (exact) mass is 261 g/mol. The summed E-state index contributed by atoms with van der Waals surface area (Å²) in [5.41, 5.74) is 1.10. The van der Waals surface area contributed by atoms with Gasteiger partial charge in [0.25, 0.3) is 0 Å². The van der Waals surface area contributed by atoms with Crippen LogP contribution in [0.15, 0.2) is 35.8 Å². The second-order valence-electron chi connectivity index (χ2n) is 4.24. The fourth-order valence-corrected chi connectivity index (χ4v) is 2.46. The molecule has 2 aromatic heterocycles. The van der Waals surface area contributed by atoms with Crippen molar-refractivity contribution >= 4 is 22.8 Å². The predicted molar refractivity (Wildman–Crippen MR) is 79.4 cm³/mol. The van der Waals surface area contributed by atoms with Gasteiger partial charge in [-0.1, -0.05) is 13.0 Å². The minimum absolute atomic E-state index is 0.325. The Balaban J connectivity index is 2.00. The largest absolute Gasteiger partial charge is 0.378 e. The lowest BCUT2D eigenvalue weighted by Crippen LogP contribution is -2.06. The number of nitrogens with zero attached hydrogens (tertiary/aromatic N) is 1. The smallest absolute Gasteiger partial charge is 0.127 e. The van der Waals surface area contributed by atoms with Gasteiger partial charge < -0.3 is 10.6 Å². The minimum atomic E-state index is 0.325. The molecule has 3 nitrogen and oxygen atoms in total. The Hall–Kier alpha value is -1.55. The van der Waals surface area contributed by atoms with E-state index < -0.39 is 0 Å². The average molecular weight is 261 g/mol. The summed E-state index contributed by atoms with van der Waals surface area (Å²) < 4.78 is 0. The number of hydrogen-bond acceptors (Lipinski definition) is 4. The molecule has 4 heteroatoms. The van der Waals surface area contributed by atoms with Gasteiger partial charge in [0.05, 0.1) is 6.04 Å². The molecule has 0 aliphatic carbocycles. The summed E-state index contributed by atoms with van der Waals surface area (Å²) in [5, 5.41) is 8.89. The second-order valence-corrected chi connectivity index (χ2v) is 5.22. The zero-order valence-electron chi connectivity index (χ0n) is 10.8. The molecule has 96 valence electrons. The van der Waals surface area contributed by atoms with Gasteiger partial charge in [-0.2, -0.15) is 0 Å². The number of thiophene rings is 1. The fraction of sp³-hybridized carbons (Fsp3) is 0.357. The van der Waals surface area contributed by atoms with Crippen LogP contribution in [0.3, 0.4) is 0 Å². The topological polar surface area (TPSA) is 37.0 Å². The van der Waals surface area contributed by atoms with E-state index in [0.717, 1.165) is 24.5 Å². The first-order chi connectivity index (χ1) is 8.79. The predicted octanol–water partition coefficient (Wildman–Crippen LogP) is 4.14. The summed E-state index contributed by atoms with van der Waals surface area (Å²) in [7, 11) is 0.